The molecule has 25 heavy (non-hydrogen) atoms. The van der Waals surface area contributed by atoms with Crippen molar-refractivity contribution in [1.29, 1.82) is 0 Å². The molecule has 2 amide bonds. The van der Waals surface area contributed by atoms with E-state index in [1.54, 1.807) is 12.1 Å². The summed E-state index contributed by atoms with van der Waals surface area (Å²) in [6.07, 6.45) is 6.92. The molecule has 0 aromatic heterocycles. The second kappa shape index (κ2) is 7.82. The number of nitrogens with one attached hydrogen (secondary N) is 2. The highest BCUT2D eigenvalue weighted by molar-refractivity contribution is 5.74. The molecule has 1 saturated heterocycles. The highest BCUT2D eigenvalue weighted by Gasteiger charge is 2.40. The summed E-state index contributed by atoms with van der Waals surface area (Å²) in [6, 6.07) is 6.48. The molecule has 0 unspecified atom stereocenters. The highest BCUT2D eigenvalue weighted by Crippen LogP contribution is 2.39. The number of amides is 2. The number of ether oxygens (including phenoxy) is 1. The lowest BCUT2D eigenvalue weighted by Gasteiger charge is -2.38. The van der Waals surface area contributed by atoms with Gasteiger partial charge >= 0.3 is 6.03 Å². The van der Waals surface area contributed by atoms with Gasteiger partial charge in [0.25, 0.3) is 5.69 Å². The number of non-ortho nitro benzene ring substituents is 1. The highest BCUT2D eigenvalue weighted by atomic mass is 16.6. The summed E-state index contributed by atoms with van der Waals surface area (Å²) in [4.78, 5) is 22.5. The maximum Gasteiger partial charge on any atom is 0.315 e. The van der Waals surface area contributed by atoms with Gasteiger partial charge in [-0.1, -0.05) is 25.0 Å². The zero-order chi connectivity index (χ0) is 17.7. The quantitative estimate of drug-likeness (QED) is 0.632. The van der Waals surface area contributed by atoms with E-state index in [4.69, 9.17) is 4.74 Å². The molecule has 2 N–H and O–H groups in total. The number of nitrogens with zero attached hydrogens (tertiary/aromatic N) is 1. The minimum atomic E-state index is -0.409. The van der Waals surface area contributed by atoms with Crippen molar-refractivity contribution in [1.82, 2.24) is 10.6 Å². The number of hydrogen-bond acceptors (Lipinski definition) is 4. The number of benzene rings is 1. The van der Waals surface area contributed by atoms with Crippen molar-refractivity contribution in [3.8, 4) is 0 Å². The van der Waals surface area contributed by atoms with Crippen LogP contribution < -0.4 is 10.6 Å². The van der Waals surface area contributed by atoms with Gasteiger partial charge in [0.05, 0.1) is 10.5 Å². The lowest BCUT2D eigenvalue weighted by atomic mass is 9.89. The molecule has 3 rings (SSSR count). The summed E-state index contributed by atoms with van der Waals surface area (Å²) in [5, 5.41) is 16.7. The first kappa shape index (κ1) is 17.7. The fourth-order valence-corrected chi connectivity index (χ4v) is 3.90. The molecule has 1 atom stereocenters. The van der Waals surface area contributed by atoms with E-state index in [0.717, 1.165) is 31.2 Å². The second-order valence-electron chi connectivity index (χ2n) is 7.01. The molecular formula is C18H25N3O4. The van der Waals surface area contributed by atoms with Gasteiger partial charge in [-0.15, -0.1) is 0 Å². The molecule has 7 nitrogen and oxygen atoms in total. The maximum absolute atomic E-state index is 12.1. The first-order chi connectivity index (χ1) is 12.1. The summed E-state index contributed by atoms with van der Waals surface area (Å²) >= 11 is 0. The van der Waals surface area contributed by atoms with Crippen LogP contribution in [0, 0.1) is 10.1 Å². The molecule has 1 aliphatic heterocycles. The fraction of sp³-hybridized carbons (Fsp3) is 0.611. The van der Waals surface area contributed by atoms with Crippen molar-refractivity contribution < 1.29 is 14.5 Å². The van der Waals surface area contributed by atoms with Crippen molar-refractivity contribution >= 4 is 11.7 Å². The van der Waals surface area contributed by atoms with E-state index in [-0.39, 0.29) is 23.4 Å². The Hall–Kier alpha value is -2.15. The van der Waals surface area contributed by atoms with E-state index in [1.807, 2.05) is 6.07 Å². The summed E-state index contributed by atoms with van der Waals surface area (Å²) in [5.74, 6) is 0. The normalized spacial score (nSPS) is 21.8. The Balaban J connectivity index is 1.42. The van der Waals surface area contributed by atoms with E-state index < -0.39 is 4.92 Å². The van der Waals surface area contributed by atoms with E-state index >= 15 is 0 Å². The molecule has 0 bridgehead atoms. The smallest absolute Gasteiger partial charge is 0.315 e. The Morgan fingerprint density at radius 2 is 2.16 bits per heavy atom. The number of nitro benzene ring substituents is 1. The summed E-state index contributed by atoms with van der Waals surface area (Å²) < 4.78 is 5.98. The van der Waals surface area contributed by atoms with Gasteiger partial charge in [-0.25, -0.2) is 4.79 Å². The fourth-order valence-electron chi connectivity index (χ4n) is 3.90. The third kappa shape index (κ3) is 4.69. The van der Waals surface area contributed by atoms with E-state index in [0.29, 0.717) is 19.6 Å². The summed E-state index contributed by atoms with van der Waals surface area (Å²) in [6.45, 7) is 1.15. The summed E-state index contributed by atoms with van der Waals surface area (Å²) in [5.41, 5.74) is 0.899. The number of carbonyl (C=O) groups is 1. The third-order valence-electron chi connectivity index (χ3n) is 5.16. The van der Waals surface area contributed by atoms with E-state index in [9.17, 15) is 14.9 Å². The van der Waals surface area contributed by atoms with Crippen LogP contribution in [0.1, 0.15) is 44.1 Å². The SMILES string of the molecule is O=C(NCCc1cccc([N+](=O)[O-])c1)N[C@H]1CCOC2(CCCC2)C1. The Morgan fingerprint density at radius 1 is 1.36 bits per heavy atom. The molecule has 7 heteroatoms. The average molecular weight is 347 g/mol. The lowest BCUT2D eigenvalue weighted by Crippen LogP contribution is -2.50. The van der Waals surface area contributed by atoms with Crippen LogP contribution in [-0.4, -0.2) is 35.7 Å². The van der Waals surface area contributed by atoms with Crippen molar-refractivity contribution in [2.45, 2.75) is 56.6 Å². The number of hydrogen-bond donors (Lipinski definition) is 2. The Morgan fingerprint density at radius 3 is 2.92 bits per heavy atom. The monoisotopic (exact) mass is 347 g/mol. The average Bonchev–Trinajstić information content (AvgIpc) is 3.02. The zero-order valence-electron chi connectivity index (χ0n) is 14.3. The van der Waals surface area contributed by atoms with Crippen LogP contribution in [0.3, 0.4) is 0 Å². The number of rotatable bonds is 5. The molecule has 1 aliphatic carbocycles. The molecule has 1 aromatic rings. The van der Waals surface area contributed by atoms with Gasteiger partial charge < -0.3 is 15.4 Å². The van der Waals surface area contributed by atoms with Gasteiger partial charge in [-0.2, -0.15) is 0 Å². The van der Waals surface area contributed by atoms with Crippen LogP contribution in [0.15, 0.2) is 24.3 Å². The third-order valence-corrected chi connectivity index (χ3v) is 5.16. The molecule has 1 saturated carbocycles. The first-order valence-corrected chi connectivity index (χ1v) is 8.98. The molecular weight excluding hydrogens is 322 g/mol. The van der Waals surface area contributed by atoms with Crippen molar-refractivity contribution in [2.75, 3.05) is 13.2 Å². The molecule has 1 aromatic carbocycles. The van der Waals surface area contributed by atoms with E-state index in [1.165, 1.54) is 18.9 Å². The van der Waals surface area contributed by atoms with Gasteiger partial charge in [0.1, 0.15) is 0 Å². The summed E-state index contributed by atoms with van der Waals surface area (Å²) in [7, 11) is 0. The van der Waals surface area contributed by atoms with Crippen molar-refractivity contribution in [3.63, 3.8) is 0 Å². The molecule has 2 fully saturated rings. The Kier molecular flexibility index (Phi) is 5.53. The first-order valence-electron chi connectivity index (χ1n) is 8.98. The van der Waals surface area contributed by atoms with Crippen LogP contribution in [-0.2, 0) is 11.2 Å². The standard InChI is InChI=1S/C18H25N3O4/c22-17(19-10-6-14-4-3-5-16(12-14)21(23)24)20-15-7-11-25-18(13-15)8-1-2-9-18/h3-5,12,15H,1-2,6-11,13H2,(H2,19,20,22)/t15-/m0/s1. The second-order valence-corrected chi connectivity index (χ2v) is 7.01. The van der Waals surface area contributed by atoms with Gasteiger partial charge in [0, 0.05) is 31.3 Å². The van der Waals surface area contributed by atoms with E-state index in [2.05, 4.69) is 10.6 Å². The van der Waals surface area contributed by atoms with Crippen molar-refractivity contribution in [3.05, 3.63) is 39.9 Å². The lowest BCUT2D eigenvalue weighted by molar-refractivity contribution is -0.384. The Labute approximate surface area is 147 Å². The van der Waals surface area contributed by atoms with Crippen molar-refractivity contribution in [2.24, 2.45) is 0 Å². The Bertz CT molecular complexity index is 629. The van der Waals surface area contributed by atoms with Crippen LogP contribution >= 0.6 is 0 Å². The molecule has 2 aliphatic rings. The van der Waals surface area contributed by atoms with Gasteiger partial charge in [0.15, 0.2) is 0 Å². The number of urea groups is 1. The minimum Gasteiger partial charge on any atom is -0.375 e. The predicted octanol–water partition coefficient (Wildman–Crippen LogP) is 2.93. The maximum atomic E-state index is 12.1. The van der Waals surface area contributed by atoms with Gasteiger partial charge in [0.2, 0.25) is 0 Å². The van der Waals surface area contributed by atoms with Crippen LogP contribution in [0.5, 0.6) is 0 Å². The van der Waals surface area contributed by atoms with Crippen LogP contribution in [0.2, 0.25) is 0 Å². The predicted molar refractivity (Wildman–Crippen MR) is 93.5 cm³/mol. The van der Waals surface area contributed by atoms with Gasteiger partial charge in [-0.3, -0.25) is 10.1 Å². The minimum absolute atomic E-state index is 0.0147. The molecule has 1 spiro atoms. The molecule has 1 heterocycles. The number of carbonyl (C=O) groups excluding carboxylic acids is 1. The molecule has 0 radical (unpaired) electrons. The topological polar surface area (TPSA) is 93.5 Å². The van der Waals surface area contributed by atoms with Crippen LogP contribution in [0.25, 0.3) is 0 Å². The molecule has 136 valence electrons. The van der Waals surface area contributed by atoms with Gasteiger partial charge in [-0.05, 0) is 37.7 Å². The number of nitro groups is 1. The van der Waals surface area contributed by atoms with Crippen LogP contribution in [0.4, 0.5) is 10.5 Å². The zero-order valence-corrected chi connectivity index (χ0v) is 14.3. The largest absolute Gasteiger partial charge is 0.375 e.